The second kappa shape index (κ2) is 9.80. The molecule has 0 saturated heterocycles. The van der Waals surface area contributed by atoms with Crippen molar-refractivity contribution >= 4 is 29.0 Å². The van der Waals surface area contributed by atoms with Crippen LogP contribution in [0.2, 0.25) is 6.04 Å². The molecule has 0 aromatic carbocycles. The lowest BCUT2D eigenvalue weighted by Gasteiger charge is -2.28. The molecular formula is C9H23ClO3Si2. The van der Waals surface area contributed by atoms with Crippen molar-refractivity contribution in [2.75, 3.05) is 25.7 Å². The van der Waals surface area contributed by atoms with E-state index in [1.54, 1.807) is 0 Å². The van der Waals surface area contributed by atoms with E-state index in [-0.39, 0.29) is 0 Å². The molecule has 0 aromatic heterocycles. The molecule has 0 aliphatic carbocycles. The summed E-state index contributed by atoms with van der Waals surface area (Å²) >= 11 is 5.68. The van der Waals surface area contributed by atoms with E-state index in [9.17, 15) is 0 Å². The van der Waals surface area contributed by atoms with Crippen molar-refractivity contribution in [3.05, 3.63) is 0 Å². The molecule has 0 aromatic rings. The summed E-state index contributed by atoms with van der Waals surface area (Å²) in [6.07, 6.45) is 1.05. The Morgan fingerprint density at radius 1 is 1.00 bits per heavy atom. The van der Waals surface area contributed by atoms with Crippen molar-refractivity contribution in [2.45, 2.75) is 33.2 Å². The first kappa shape index (κ1) is 15.6. The highest BCUT2D eigenvalue weighted by atomic mass is 35.5. The van der Waals surface area contributed by atoms with E-state index in [0.29, 0.717) is 19.8 Å². The standard InChI is InChI=1S/C9H23ClO3Si2/c1-4-11-15(12-5-2,13-6-3)14-9-7-8-10/h4-9,14H2,1-3H3. The molecule has 15 heavy (non-hydrogen) atoms. The Morgan fingerprint density at radius 2 is 1.47 bits per heavy atom. The molecule has 0 amide bonds. The quantitative estimate of drug-likeness (QED) is 0.344. The fourth-order valence-electron chi connectivity index (χ4n) is 1.44. The lowest BCUT2D eigenvalue weighted by atomic mass is 10.6. The smallest absolute Gasteiger partial charge is 0.377 e. The number of hydrogen-bond acceptors (Lipinski definition) is 3. The first-order chi connectivity index (χ1) is 7.24. The molecule has 0 unspecified atom stereocenters. The van der Waals surface area contributed by atoms with Crippen LogP contribution in [0, 0.1) is 0 Å². The van der Waals surface area contributed by atoms with Gasteiger partial charge in [0, 0.05) is 25.7 Å². The SMILES string of the molecule is CCO[Si](OCC)(OCC)[SiH2]CCCCl. The first-order valence-electron chi connectivity index (χ1n) is 5.72. The summed E-state index contributed by atoms with van der Waals surface area (Å²) < 4.78 is 17.3. The van der Waals surface area contributed by atoms with Crippen molar-refractivity contribution < 1.29 is 13.3 Å². The zero-order valence-electron chi connectivity index (χ0n) is 10.1. The molecule has 0 rings (SSSR count). The number of rotatable bonds is 10. The van der Waals surface area contributed by atoms with Gasteiger partial charge in [-0.1, -0.05) is 6.04 Å². The second-order valence-corrected chi connectivity index (χ2v) is 11.0. The average molecular weight is 271 g/mol. The van der Waals surface area contributed by atoms with Gasteiger partial charge in [-0.3, -0.25) is 0 Å². The Kier molecular flexibility index (Phi) is 10.2. The second-order valence-electron chi connectivity index (χ2n) is 3.13. The maximum Gasteiger partial charge on any atom is 0.462 e. The molecule has 0 aliphatic rings. The third-order valence-corrected chi connectivity index (χ3v) is 10.6. The van der Waals surface area contributed by atoms with Crippen molar-refractivity contribution in [2.24, 2.45) is 0 Å². The van der Waals surface area contributed by atoms with Crippen LogP contribution in [-0.2, 0) is 13.3 Å². The molecule has 0 saturated carbocycles. The third kappa shape index (κ3) is 6.70. The van der Waals surface area contributed by atoms with Crippen LogP contribution < -0.4 is 0 Å². The normalized spacial score (nSPS) is 12.8. The molecule has 0 radical (unpaired) electrons. The van der Waals surface area contributed by atoms with Crippen LogP contribution in [0.1, 0.15) is 27.2 Å². The van der Waals surface area contributed by atoms with Crippen molar-refractivity contribution in [3.8, 4) is 0 Å². The minimum Gasteiger partial charge on any atom is -0.377 e. The van der Waals surface area contributed by atoms with Gasteiger partial charge in [0.05, 0.1) is 0 Å². The van der Waals surface area contributed by atoms with E-state index in [0.717, 1.165) is 18.3 Å². The Labute approximate surface area is 101 Å². The Morgan fingerprint density at radius 3 is 1.80 bits per heavy atom. The molecule has 6 heteroatoms. The number of halogens is 1. The van der Waals surface area contributed by atoms with Gasteiger partial charge >= 0.3 is 8.32 Å². The average Bonchev–Trinajstić information content (AvgIpc) is 2.19. The molecule has 0 fully saturated rings. The van der Waals surface area contributed by atoms with Crippen LogP contribution in [0.25, 0.3) is 0 Å². The van der Waals surface area contributed by atoms with Crippen molar-refractivity contribution in [3.63, 3.8) is 0 Å². The van der Waals surface area contributed by atoms with Gasteiger partial charge in [0.15, 0.2) is 0 Å². The lowest BCUT2D eigenvalue weighted by Crippen LogP contribution is -2.52. The molecule has 0 N–H and O–H groups in total. The van der Waals surface area contributed by atoms with Crippen LogP contribution in [0.4, 0.5) is 0 Å². The molecule has 0 spiro atoms. The van der Waals surface area contributed by atoms with Gasteiger partial charge in [-0.2, -0.15) is 0 Å². The lowest BCUT2D eigenvalue weighted by molar-refractivity contribution is 0.0929. The van der Waals surface area contributed by atoms with Gasteiger partial charge in [-0.15, -0.1) is 11.6 Å². The van der Waals surface area contributed by atoms with Gasteiger partial charge in [0.2, 0.25) is 0 Å². The highest BCUT2D eigenvalue weighted by Gasteiger charge is 2.38. The Hall–Kier alpha value is 0.604. The Bertz CT molecular complexity index is 132. The summed E-state index contributed by atoms with van der Waals surface area (Å²) in [4.78, 5) is 0. The van der Waals surface area contributed by atoms with Crippen molar-refractivity contribution in [1.29, 1.82) is 0 Å². The third-order valence-electron chi connectivity index (χ3n) is 1.96. The van der Waals surface area contributed by atoms with Crippen LogP contribution in [-0.4, -0.2) is 43.1 Å². The molecule has 0 bridgehead atoms. The van der Waals surface area contributed by atoms with E-state index in [4.69, 9.17) is 24.9 Å². The fraction of sp³-hybridized carbons (Fsp3) is 1.00. The van der Waals surface area contributed by atoms with Crippen LogP contribution in [0.3, 0.4) is 0 Å². The van der Waals surface area contributed by atoms with E-state index >= 15 is 0 Å². The molecule has 92 valence electrons. The zero-order valence-corrected chi connectivity index (χ0v) is 13.2. The maximum atomic E-state index is 5.77. The molecule has 0 atom stereocenters. The number of alkyl halides is 1. The summed E-state index contributed by atoms with van der Waals surface area (Å²) in [5.74, 6) is 0.724. The highest BCUT2D eigenvalue weighted by molar-refractivity contribution is 7.14. The molecular weight excluding hydrogens is 248 g/mol. The van der Waals surface area contributed by atoms with Crippen LogP contribution in [0.5, 0.6) is 0 Å². The largest absolute Gasteiger partial charge is 0.462 e. The molecule has 3 nitrogen and oxygen atoms in total. The van der Waals surface area contributed by atoms with Gasteiger partial charge in [0.25, 0.3) is 0 Å². The molecule has 0 heterocycles. The summed E-state index contributed by atoms with van der Waals surface area (Å²) in [5, 5.41) is 0. The highest BCUT2D eigenvalue weighted by Crippen LogP contribution is 2.11. The van der Waals surface area contributed by atoms with E-state index in [2.05, 4.69) is 0 Å². The summed E-state index contributed by atoms with van der Waals surface area (Å²) in [5.41, 5.74) is 0. The topological polar surface area (TPSA) is 27.7 Å². The summed E-state index contributed by atoms with van der Waals surface area (Å²) in [6, 6.07) is 1.15. The van der Waals surface area contributed by atoms with Crippen LogP contribution >= 0.6 is 11.6 Å². The van der Waals surface area contributed by atoms with E-state index in [1.807, 2.05) is 20.8 Å². The van der Waals surface area contributed by atoms with Crippen molar-refractivity contribution in [1.82, 2.24) is 0 Å². The molecule has 0 aliphatic heterocycles. The minimum absolute atomic E-state index is 0.438. The van der Waals surface area contributed by atoms with Gasteiger partial charge in [-0.25, -0.2) is 0 Å². The number of hydrogen-bond donors (Lipinski definition) is 0. The van der Waals surface area contributed by atoms with E-state index < -0.39 is 17.4 Å². The maximum absolute atomic E-state index is 5.77. The zero-order chi connectivity index (χ0) is 11.6. The predicted octanol–water partition coefficient (Wildman–Crippen LogP) is 1.75. The Balaban J connectivity index is 4.18. The van der Waals surface area contributed by atoms with Gasteiger partial charge in [0.1, 0.15) is 9.04 Å². The van der Waals surface area contributed by atoms with Gasteiger partial charge in [-0.05, 0) is 27.2 Å². The van der Waals surface area contributed by atoms with E-state index in [1.165, 1.54) is 0 Å². The van der Waals surface area contributed by atoms with Gasteiger partial charge < -0.3 is 13.3 Å². The summed E-state index contributed by atoms with van der Waals surface area (Å²) in [6.45, 7) is 8.03. The predicted molar refractivity (Wildman–Crippen MR) is 69.3 cm³/mol. The van der Waals surface area contributed by atoms with Crippen LogP contribution in [0.15, 0.2) is 0 Å². The fourth-order valence-corrected chi connectivity index (χ4v) is 10.1. The summed E-state index contributed by atoms with van der Waals surface area (Å²) in [7, 11) is -2.69. The monoisotopic (exact) mass is 270 g/mol. The minimum atomic E-state index is -2.25. The first-order valence-corrected chi connectivity index (χ1v) is 11.3.